The van der Waals surface area contributed by atoms with Gasteiger partial charge in [-0.3, -0.25) is 4.79 Å². The third-order valence-electron chi connectivity index (χ3n) is 3.33. The fourth-order valence-electron chi connectivity index (χ4n) is 2.43. The zero-order valence-electron chi connectivity index (χ0n) is 10.4. The fourth-order valence-corrected chi connectivity index (χ4v) is 2.43. The first-order valence-electron chi connectivity index (χ1n) is 6.42. The lowest BCUT2D eigenvalue weighted by Crippen LogP contribution is -2.19. The summed E-state index contributed by atoms with van der Waals surface area (Å²) >= 11 is 0. The van der Waals surface area contributed by atoms with E-state index in [1.807, 2.05) is 0 Å². The molecule has 0 saturated carbocycles. The van der Waals surface area contributed by atoms with Crippen LogP contribution >= 0.6 is 0 Å². The van der Waals surface area contributed by atoms with Gasteiger partial charge in [0.2, 0.25) is 0 Å². The highest BCUT2D eigenvalue weighted by Crippen LogP contribution is 2.26. The Balaban J connectivity index is 2.10. The number of aliphatic carboxylic acids is 1. The molecule has 0 spiro atoms. The Bertz CT molecular complexity index is 428. The second-order valence-electron chi connectivity index (χ2n) is 4.71. The highest BCUT2D eigenvalue weighted by Gasteiger charge is 2.16. The van der Waals surface area contributed by atoms with Gasteiger partial charge < -0.3 is 10.0 Å². The summed E-state index contributed by atoms with van der Waals surface area (Å²) in [7, 11) is 0. The Morgan fingerprint density at radius 2 is 2.06 bits per heavy atom. The molecular formula is C14H18FNO2. The van der Waals surface area contributed by atoms with Crippen molar-refractivity contribution in [2.75, 3.05) is 18.0 Å². The molecule has 1 aromatic rings. The second-order valence-corrected chi connectivity index (χ2v) is 4.71. The quantitative estimate of drug-likeness (QED) is 0.874. The SMILES string of the molecule is O=C(O)CCCc1ccc(F)cc1N1CCCC1. The van der Waals surface area contributed by atoms with Crippen LogP contribution in [0.25, 0.3) is 0 Å². The van der Waals surface area contributed by atoms with Crippen LogP contribution in [0.3, 0.4) is 0 Å². The largest absolute Gasteiger partial charge is 0.481 e. The predicted molar refractivity (Wildman–Crippen MR) is 68.4 cm³/mol. The molecule has 0 atom stereocenters. The summed E-state index contributed by atoms with van der Waals surface area (Å²) in [6, 6.07) is 4.81. The summed E-state index contributed by atoms with van der Waals surface area (Å²) in [5, 5.41) is 8.65. The lowest BCUT2D eigenvalue weighted by Gasteiger charge is -2.21. The minimum absolute atomic E-state index is 0.164. The summed E-state index contributed by atoms with van der Waals surface area (Å²) in [6.07, 6.45) is 3.74. The Morgan fingerprint density at radius 1 is 1.33 bits per heavy atom. The van der Waals surface area contributed by atoms with Gasteiger partial charge in [0.25, 0.3) is 0 Å². The van der Waals surface area contributed by atoms with Crippen LogP contribution in [0.15, 0.2) is 18.2 Å². The maximum absolute atomic E-state index is 13.3. The normalized spacial score (nSPS) is 15.1. The molecule has 1 aliphatic heterocycles. The van der Waals surface area contributed by atoms with Gasteiger partial charge in [-0.25, -0.2) is 4.39 Å². The predicted octanol–water partition coefficient (Wildman–Crippen LogP) is 2.83. The van der Waals surface area contributed by atoms with Gasteiger partial charge in [0, 0.05) is 25.2 Å². The van der Waals surface area contributed by atoms with E-state index in [1.54, 1.807) is 12.1 Å². The smallest absolute Gasteiger partial charge is 0.303 e. The van der Waals surface area contributed by atoms with Crippen LogP contribution in [0.2, 0.25) is 0 Å². The van der Waals surface area contributed by atoms with Crippen molar-refractivity contribution in [3.63, 3.8) is 0 Å². The van der Waals surface area contributed by atoms with Crippen LogP contribution < -0.4 is 4.90 Å². The van der Waals surface area contributed by atoms with E-state index in [2.05, 4.69) is 4.90 Å². The molecule has 1 N–H and O–H groups in total. The second kappa shape index (κ2) is 5.85. The topological polar surface area (TPSA) is 40.5 Å². The molecule has 0 unspecified atom stereocenters. The molecule has 0 radical (unpaired) electrons. The average molecular weight is 251 g/mol. The maximum Gasteiger partial charge on any atom is 0.303 e. The maximum atomic E-state index is 13.3. The van der Waals surface area contributed by atoms with Crippen molar-refractivity contribution in [2.24, 2.45) is 0 Å². The molecule has 4 heteroatoms. The average Bonchev–Trinajstić information content (AvgIpc) is 2.84. The number of carboxylic acid groups (broad SMARTS) is 1. The van der Waals surface area contributed by atoms with E-state index < -0.39 is 5.97 Å². The van der Waals surface area contributed by atoms with E-state index in [9.17, 15) is 9.18 Å². The molecule has 1 fully saturated rings. The molecule has 0 amide bonds. The van der Waals surface area contributed by atoms with Crippen molar-refractivity contribution in [3.8, 4) is 0 Å². The first-order valence-corrected chi connectivity index (χ1v) is 6.42. The standard InChI is InChI=1S/C14H18FNO2/c15-12-7-6-11(4-3-5-14(17)18)13(10-12)16-8-1-2-9-16/h6-7,10H,1-5,8-9H2,(H,17,18). The number of benzene rings is 1. The highest BCUT2D eigenvalue weighted by atomic mass is 19.1. The Hall–Kier alpha value is -1.58. The summed E-state index contributed by atoms with van der Waals surface area (Å²) in [6.45, 7) is 1.94. The molecule has 1 aromatic carbocycles. The molecule has 98 valence electrons. The van der Waals surface area contributed by atoms with Crippen LogP contribution in [0.5, 0.6) is 0 Å². The van der Waals surface area contributed by atoms with Gasteiger partial charge in [-0.2, -0.15) is 0 Å². The van der Waals surface area contributed by atoms with Gasteiger partial charge in [-0.15, -0.1) is 0 Å². The van der Waals surface area contributed by atoms with E-state index in [0.717, 1.165) is 37.2 Å². The zero-order chi connectivity index (χ0) is 13.0. The third-order valence-corrected chi connectivity index (χ3v) is 3.33. The van der Waals surface area contributed by atoms with Gasteiger partial charge in [0.15, 0.2) is 0 Å². The number of hydrogen-bond acceptors (Lipinski definition) is 2. The van der Waals surface area contributed by atoms with Gasteiger partial charge in [0.05, 0.1) is 0 Å². The summed E-state index contributed by atoms with van der Waals surface area (Å²) in [5.74, 6) is -1.00. The minimum Gasteiger partial charge on any atom is -0.481 e. The summed E-state index contributed by atoms with van der Waals surface area (Å²) in [4.78, 5) is 12.7. The number of hydrogen-bond donors (Lipinski definition) is 1. The van der Waals surface area contributed by atoms with Crippen LogP contribution in [-0.2, 0) is 11.2 Å². The first kappa shape index (κ1) is 12.9. The Kier molecular flexibility index (Phi) is 4.18. The molecule has 1 aliphatic rings. The monoisotopic (exact) mass is 251 g/mol. The van der Waals surface area contributed by atoms with Crippen LogP contribution in [0.4, 0.5) is 10.1 Å². The van der Waals surface area contributed by atoms with E-state index in [-0.39, 0.29) is 12.2 Å². The van der Waals surface area contributed by atoms with Crippen LogP contribution in [0.1, 0.15) is 31.2 Å². The van der Waals surface area contributed by atoms with E-state index in [0.29, 0.717) is 12.8 Å². The molecule has 2 rings (SSSR count). The van der Waals surface area contributed by atoms with Crippen molar-refractivity contribution in [1.82, 2.24) is 0 Å². The highest BCUT2D eigenvalue weighted by molar-refractivity contribution is 5.66. The summed E-state index contributed by atoms with van der Waals surface area (Å²) < 4.78 is 13.3. The van der Waals surface area contributed by atoms with Crippen LogP contribution in [0, 0.1) is 5.82 Å². The molecule has 18 heavy (non-hydrogen) atoms. The number of carboxylic acids is 1. The van der Waals surface area contributed by atoms with E-state index in [1.165, 1.54) is 6.07 Å². The van der Waals surface area contributed by atoms with Crippen molar-refractivity contribution < 1.29 is 14.3 Å². The fraction of sp³-hybridized carbons (Fsp3) is 0.500. The Morgan fingerprint density at radius 3 is 2.72 bits per heavy atom. The molecule has 0 aromatic heterocycles. The van der Waals surface area contributed by atoms with Crippen LogP contribution in [-0.4, -0.2) is 24.2 Å². The minimum atomic E-state index is -0.778. The number of anilines is 1. The molecule has 1 heterocycles. The lowest BCUT2D eigenvalue weighted by molar-refractivity contribution is -0.137. The molecule has 1 saturated heterocycles. The van der Waals surface area contributed by atoms with E-state index in [4.69, 9.17) is 5.11 Å². The van der Waals surface area contributed by atoms with Gasteiger partial charge in [-0.05, 0) is 43.4 Å². The van der Waals surface area contributed by atoms with Crippen molar-refractivity contribution in [1.29, 1.82) is 0 Å². The molecular weight excluding hydrogens is 233 g/mol. The molecule has 0 aliphatic carbocycles. The number of carbonyl (C=O) groups is 1. The summed E-state index contributed by atoms with van der Waals surface area (Å²) in [5.41, 5.74) is 2.00. The molecule has 0 bridgehead atoms. The van der Waals surface area contributed by atoms with Gasteiger partial charge in [-0.1, -0.05) is 6.07 Å². The number of halogens is 1. The van der Waals surface area contributed by atoms with Gasteiger partial charge >= 0.3 is 5.97 Å². The number of rotatable bonds is 5. The Labute approximate surface area is 106 Å². The van der Waals surface area contributed by atoms with Crippen molar-refractivity contribution in [3.05, 3.63) is 29.6 Å². The third kappa shape index (κ3) is 3.22. The molecule has 3 nitrogen and oxygen atoms in total. The first-order chi connectivity index (χ1) is 8.66. The number of nitrogens with zero attached hydrogens (tertiary/aromatic N) is 1. The van der Waals surface area contributed by atoms with Crippen molar-refractivity contribution >= 4 is 11.7 Å². The van der Waals surface area contributed by atoms with E-state index >= 15 is 0 Å². The van der Waals surface area contributed by atoms with Gasteiger partial charge in [0.1, 0.15) is 5.82 Å². The zero-order valence-corrected chi connectivity index (χ0v) is 10.4. The van der Waals surface area contributed by atoms with Crippen molar-refractivity contribution in [2.45, 2.75) is 32.1 Å². The lowest BCUT2D eigenvalue weighted by atomic mass is 10.1. The number of aryl methyl sites for hydroxylation is 1.